The molecule has 0 N–H and O–H groups in total. The Bertz CT molecular complexity index is 761. The first kappa shape index (κ1) is 12.0. The normalized spacial score (nSPS) is 17.6. The molecule has 1 aromatic carbocycles. The lowest BCUT2D eigenvalue weighted by Gasteiger charge is -2.08. The number of hydrogen-bond acceptors (Lipinski definition) is 3. The highest BCUT2D eigenvalue weighted by Gasteiger charge is 2.27. The second-order valence-electron chi connectivity index (χ2n) is 5.05. The van der Waals surface area contributed by atoms with Crippen molar-refractivity contribution >= 4 is 22.8 Å². The molecule has 0 spiro atoms. The maximum absolute atomic E-state index is 4.70. The van der Waals surface area contributed by atoms with Crippen LogP contribution in [0.4, 0.5) is 0 Å². The van der Waals surface area contributed by atoms with Gasteiger partial charge in [0, 0.05) is 12.7 Å². The van der Waals surface area contributed by atoms with E-state index in [1.165, 1.54) is 11.1 Å². The third-order valence-corrected chi connectivity index (χ3v) is 5.00. The molecule has 0 radical (unpaired) electrons. The molecule has 0 saturated heterocycles. The van der Waals surface area contributed by atoms with Crippen molar-refractivity contribution in [2.75, 3.05) is 0 Å². The fraction of sp³-hybridized carbons (Fsp3) is 0.250. The Labute approximate surface area is 122 Å². The van der Waals surface area contributed by atoms with Crippen LogP contribution in [0.15, 0.2) is 47.8 Å². The van der Waals surface area contributed by atoms with Crippen molar-refractivity contribution in [3.8, 4) is 0 Å². The highest BCUT2D eigenvalue weighted by atomic mass is 32.2. The van der Waals surface area contributed by atoms with Gasteiger partial charge in [0.05, 0.1) is 22.0 Å². The van der Waals surface area contributed by atoms with Gasteiger partial charge in [0.1, 0.15) is 0 Å². The topological polar surface area (TPSA) is 30.7 Å². The molecule has 0 aliphatic carbocycles. The van der Waals surface area contributed by atoms with Gasteiger partial charge < -0.3 is 4.57 Å². The van der Waals surface area contributed by atoms with E-state index in [2.05, 4.69) is 46.8 Å². The molecular weight excluding hydrogens is 266 g/mol. The Morgan fingerprint density at radius 2 is 2.15 bits per heavy atom. The number of para-hydroxylation sites is 2. The fourth-order valence-electron chi connectivity index (χ4n) is 2.64. The summed E-state index contributed by atoms with van der Waals surface area (Å²) in [6.07, 6.45) is 3.03. The van der Waals surface area contributed by atoms with Crippen molar-refractivity contribution in [3.05, 3.63) is 53.9 Å². The van der Waals surface area contributed by atoms with Crippen molar-refractivity contribution in [1.82, 2.24) is 14.5 Å². The third-order valence-electron chi connectivity index (χ3n) is 3.80. The van der Waals surface area contributed by atoms with Gasteiger partial charge in [0.2, 0.25) is 0 Å². The van der Waals surface area contributed by atoms with Crippen molar-refractivity contribution in [1.29, 1.82) is 0 Å². The summed E-state index contributed by atoms with van der Waals surface area (Å²) >= 11 is 1.82. The number of rotatable bonds is 2. The fourth-order valence-corrected chi connectivity index (χ4v) is 3.83. The predicted octanol–water partition coefficient (Wildman–Crippen LogP) is 3.84. The lowest BCUT2D eigenvalue weighted by atomic mass is 10.2. The minimum atomic E-state index is 0.382. The molecule has 0 amide bonds. The summed E-state index contributed by atoms with van der Waals surface area (Å²) in [6, 6.07) is 12.7. The second kappa shape index (κ2) is 4.63. The van der Waals surface area contributed by atoms with E-state index in [-0.39, 0.29) is 0 Å². The molecule has 2 aromatic heterocycles. The van der Waals surface area contributed by atoms with Crippen LogP contribution in [0.1, 0.15) is 23.4 Å². The van der Waals surface area contributed by atoms with Gasteiger partial charge in [-0.05, 0) is 30.2 Å². The highest BCUT2D eigenvalue weighted by molar-refractivity contribution is 7.99. The van der Waals surface area contributed by atoms with Crippen LogP contribution in [0, 0.1) is 0 Å². The van der Waals surface area contributed by atoms with Gasteiger partial charge in [0.25, 0.3) is 0 Å². The molecule has 3 nitrogen and oxygen atoms in total. The van der Waals surface area contributed by atoms with Crippen LogP contribution in [-0.2, 0) is 13.0 Å². The van der Waals surface area contributed by atoms with E-state index >= 15 is 0 Å². The molecule has 0 fully saturated rings. The molecule has 1 unspecified atom stereocenters. The monoisotopic (exact) mass is 281 g/mol. The summed E-state index contributed by atoms with van der Waals surface area (Å²) in [7, 11) is 0. The van der Waals surface area contributed by atoms with Crippen molar-refractivity contribution < 1.29 is 0 Å². The molecule has 1 aliphatic rings. The number of benzene rings is 1. The number of fused-ring (bicyclic) bond motifs is 3. The standard InChI is InChI=1S/C16H15N3S/c1-2-11-7-8-13(17-9-11)15-10-19-14-6-4-3-5-12(14)18-16(19)20-15/h3-9,15H,2,10H2,1H3. The highest BCUT2D eigenvalue weighted by Crippen LogP contribution is 2.43. The first-order valence-corrected chi connectivity index (χ1v) is 7.80. The lowest BCUT2D eigenvalue weighted by molar-refractivity contribution is 0.674. The van der Waals surface area contributed by atoms with E-state index in [1.807, 2.05) is 24.0 Å². The molecule has 3 heterocycles. The van der Waals surface area contributed by atoms with E-state index in [0.717, 1.165) is 29.3 Å². The summed E-state index contributed by atoms with van der Waals surface area (Å²) in [4.78, 5) is 9.31. The minimum absolute atomic E-state index is 0.382. The van der Waals surface area contributed by atoms with E-state index in [0.29, 0.717) is 5.25 Å². The summed E-state index contributed by atoms with van der Waals surface area (Å²) in [6.45, 7) is 3.11. The third kappa shape index (κ3) is 1.83. The molecule has 0 bridgehead atoms. The molecule has 20 heavy (non-hydrogen) atoms. The Morgan fingerprint density at radius 1 is 1.25 bits per heavy atom. The molecule has 4 rings (SSSR count). The first-order chi connectivity index (χ1) is 9.85. The molecule has 1 aliphatic heterocycles. The summed E-state index contributed by atoms with van der Waals surface area (Å²) in [5.41, 5.74) is 4.76. The van der Waals surface area contributed by atoms with Gasteiger partial charge in [-0.1, -0.05) is 36.9 Å². The number of hydrogen-bond donors (Lipinski definition) is 0. The molecule has 4 heteroatoms. The second-order valence-corrected chi connectivity index (χ2v) is 6.21. The van der Waals surface area contributed by atoms with E-state index in [9.17, 15) is 0 Å². The number of aromatic nitrogens is 3. The molecular formula is C16H15N3S. The van der Waals surface area contributed by atoms with Crippen LogP contribution in [0.5, 0.6) is 0 Å². The number of imidazole rings is 1. The van der Waals surface area contributed by atoms with Crippen LogP contribution < -0.4 is 0 Å². The van der Waals surface area contributed by atoms with Crippen LogP contribution >= 0.6 is 11.8 Å². The van der Waals surface area contributed by atoms with Crippen LogP contribution in [0.3, 0.4) is 0 Å². The van der Waals surface area contributed by atoms with Gasteiger partial charge in [-0.2, -0.15) is 0 Å². The SMILES string of the molecule is CCc1ccc(C2Cn3c(nc4ccccc43)S2)nc1. The summed E-state index contributed by atoms with van der Waals surface area (Å²) < 4.78 is 2.31. The van der Waals surface area contributed by atoms with E-state index in [4.69, 9.17) is 4.98 Å². The van der Waals surface area contributed by atoms with Crippen LogP contribution in [0.2, 0.25) is 0 Å². The summed E-state index contributed by atoms with van der Waals surface area (Å²) in [5, 5.41) is 1.49. The Morgan fingerprint density at radius 3 is 2.95 bits per heavy atom. The van der Waals surface area contributed by atoms with E-state index in [1.54, 1.807) is 0 Å². The number of nitrogens with zero attached hydrogens (tertiary/aromatic N) is 3. The molecule has 100 valence electrons. The van der Waals surface area contributed by atoms with Crippen molar-refractivity contribution in [3.63, 3.8) is 0 Å². The Hall–Kier alpha value is -1.81. The largest absolute Gasteiger partial charge is 0.317 e. The number of thioether (sulfide) groups is 1. The zero-order valence-corrected chi connectivity index (χ0v) is 12.1. The minimum Gasteiger partial charge on any atom is -0.317 e. The van der Waals surface area contributed by atoms with Gasteiger partial charge in [0.15, 0.2) is 5.16 Å². The Kier molecular flexibility index (Phi) is 2.77. The number of aryl methyl sites for hydroxylation is 1. The molecule has 1 atom stereocenters. The first-order valence-electron chi connectivity index (χ1n) is 6.92. The average Bonchev–Trinajstić information content (AvgIpc) is 3.05. The predicted molar refractivity (Wildman–Crippen MR) is 81.9 cm³/mol. The number of pyridine rings is 1. The van der Waals surface area contributed by atoms with Crippen molar-refractivity contribution in [2.45, 2.75) is 30.3 Å². The maximum Gasteiger partial charge on any atom is 0.169 e. The molecule has 0 saturated carbocycles. The average molecular weight is 281 g/mol. The van der Waals surface area contributed by atoms with Gasteiger partial charge in [-0.25, -0.2) is 4.98 Å². The zero-order chi connectivity index (χ0) is 13.5. The molecule has 3 aromatic rings. The van der Waals surface area contributed by atoms with Crippen LogP contribution in [0.25, 0.3) is 11.0 Å². The quantitative estimate of drug-likeness (QED) is 0.715. The summed E-state index contributed by atoms with van der Waals surface area (Å²) in [5.74, 6) is 0. The lowest BCUT2D eigenvalue weighted by Crippen LogP contribution is -2.01. The Balaban J connectivity index is 1.67. The van der Waals surface area contributed by atoms with Crippen molar-refractivity contribution in [2.24, 2.45) is 0 Å². The van der Waals surface area contributed by atoms with Gasteiger partial charge in [-0.15, -0.1) is 0 Å². The smallest absolute Gasteiger partial charge is 0.169 e. The zero-order valence-electron chi connectivity index (χ0n) is 11.3. The van der Waals surface area contributed by atoms with E-state index < -0.39 is 0 Å². The van der Waals surface area contributed by atoms with Crippen LogP contribution in [-0.4, -0.2) is 14.5 Å². The van der Waals surface area contributed by atoms with Gasteiger partial charge in [-0.3, -0.25) is 4.98 Å². The maximum atomic E-state index is 4.70. The van der Waals surface area contributed by atoms with Gasteiger partial charge >= 0.3 is 0 Å².